The van der Waals surface area contributed by atoms with Crippen LogP contribution in [0.2, 0.25) is 0 Å². The van der Waals surface area contributed by atoms with E-state index < -0.39 is 5.67 Å². The highest BCUT2D eigenvalue weighted by molar-refractivity contribution is 4.90. The highest BCUT2D eigenvalue weighted by Gasteiger charge is 2.40. The first kappa shape index (κ1) is 10.0. The molecule has 0 unspecified atom stereocenters. The Morgan fingerprint density at radius 2 is 1.83 bits per heavy atom. The maximum atomic E-state index is 13.1. The normalized spacial score (nSPS) is 36.2. The molecule has 0 spiro atoms. The zero-order valence-corrected chi connectivity index (χ0v) is 8.78. The van der Waals surface area contributed by atoms with Crippen LogP contribution in [-0.2, 0) is 0 Å². The lowest BCUT2D eigenvalue weighted by molar-refractivity contribution is 0.0163. The standard InChI is InChI=1S/C11H21F/c1-10(2,3)6-5-9-7-11(4,12)8-9/h9H,5-8H2,1-4H3. The van der Waals surface area contributed by atoms with Gasteiger partial charge in [0.15, 0.2) is 0 Å². The van der Waals surface area contributed by atoms with E-state index in [1.165, 1.54) is 12.8 Å². The smallest absolute Gasteiger partial charge is 0.108 e. The highest BCUT2D eigenvalue weighted by atomic mass is 19.1. The summed E-state index contributed by atoms with van der Waals surface area (Å²) >= 11 is 0. The fourth-order valence-corrected chi connectivity index (χ4v) is 1.99. The lowest BCUT2D eigenvalue weighted by atomic mass is 9.70. The van der Waals surface area contributed by atoms with Crippen LogP contribution < -0.4 is 0 Å². The fraction of sp³-hybridized carbons (Fsp3) is 1.00. The number of hydrogen-bond acceptors (Lipinski definition) is 0. The van der Waals surface area contributed by atoms with Crippen LogP contribution in [0.25, 0.3) is 0 Å². The molecular weight excluding hydrogens is 151 g/mol. The second-order valence-electron chi connectivity index (χ2n) is 5.79. The molecule has 0 atom stereocenters. The lowest BCUT2D eigenvalue weighted by Crippen LogP contribution is -2.36. The van der Waals surface area contributed by atoms with Crippen molar-refractivity contribution in [2.75, 3.05) is 0 Å². The molecule has 1 fully saturated rings. The second-order valence-corrected chi connectivity index (χ2v) is 5.79. The summed E-state index contributed by atoms with van der Waals surface area (Å²) in [7, 11) is 0. The molecule has 0 aromatic carbocycles. The third kappa shape index (κ3) is 3.12. The summed E-state index contributed by atoms with van der Waals surface area (Å²) < 4.78 is 13.1. The van der Waals surface area contributed by atoms with Crippen molar-refractivity contribution in [3.8, 4) is 0 Å². The summed E-state index contributed by atoms with van der Waals surface area (Å²) in [5.74, 6) is 0.666. The highest BCUT2D eigenvalue weighted by Crippen LogP contribution is 2.44. The first-order valence-electron chi connectivity index (χ1n) is 4.97. The summed E-state index contributed by atoms with van der Waals surface area (Å²) in [6, 6.07) is 0. The maximum absolute atomic E-state index is 13.1. The molecule has 0 amide bonds. The van der Waals surface area contributed by atoms with Gasteiger partial charge in [-0.25, -0.2) is 4.39 Å². The molecule has 0 aliphatic heterocycles. The van der Waals surface area contributed by atoms with Crippen LogP contribution in [0.5, 0.6) is 0 Å². The minimum absolute atomic E-state index is 0.419. The Balaban J connectivity index is 2.12. The number of hydrogen-bond donors (Lipinski definition) is 0. The molecule has 0 nitrogen and oxygen atoms in total. The van der Waals surface area contributed by atoms with E-state index >= 15 is 0 Å². The monoisotopic (exact) mass is 172 g/mol. The van der Waals surface area contributed by atoms with Gasteiger partial charge < -0.3 is 0 Å². The van der Waals surface area contributed by atoms with Gasteiger partial charge in [0, 0.05) is 0 Å². The largest absolute Gasteiger partial charge is 0.244 e. The van der Waals surface area contributed by atoms with Crippen molar-refractivity contribution in [1.82, 2.24) is 0 Å². The lowest BCUT2D eigenvalue weighted by Gasteiger charge is -2.39. The van der Waals surface area contributed by atoms with E-state index in [9.17, 15) is 4.39 Å². The topological polar surface area (TPSA) is 0 Å². The molecule has 1 rings (SSSR count). The van der Waals surface area contributed by atoms with Gasteiger partial charge in [-0.2, -0.15) is 0 Å². The molecule has 1 aliphatic rings. The molecule has 0 saturated heterocycles. The van der Waals surface area contributed by atoms with Crippen molar-refractivity contribution in [2.24, 2.45) is 11.3 Å². The van der Waals surface area contributed by atoms with Crippen molar-refractivity contribution in [3.63, 3.8) is 0 Å². The number of halogens is 1. The van der Waals surface area contributed by atoms with Gasteiger partial charge in [-0.05, 0) is 43.9 Å². The molecule has 0 bridgehead atoms. The molecule has 0 radical (unpaired) electrons. The summed E-state index contributed by atoms with van der Waals surface area (Å²) in [4.78, 5) is 0. The molecule has 1 aliphatic carbocycles. The molecular formula is C11H21F. The molecule has 0 N–H and O–H groups in total. The van der Waals surface area contributed by atoms with Gasteiger partial charge in [-0.15, -0.1) is 0 Å². The average Bonchev–Trinajstić information content (AvgIpc) is 1.76. The zero-order valence-electron chi connectivity index (χ0n) is 8.78. The predicted molar refractivity (Wildman–Crippen MR) is 50.9 cm³/mol. The molecule has 0 aromatic heterocycles. The number of alkyl halides is 1. The fourth-order valence-electron chi connectivity index (χ4n) is 1.99. The Labute approximate surface area is 75.5 Å². The first-order chi connectivity index (χ1) is 5.29. The van der Waals surface area contributed by atoms with Crippen molar-refractivity contribution in [3.05, 3.63) is 0 Å². The van der Waals surface area contributed by atoms with Gasteiger partial charge in [-0.3, -0.25) is 0 Å². The van der Waals surface area contributed by atoms with Gasteiger partial charge in [0.25, 0.3) is 0 Å². The molecule has 0 heterocycles. The minimum Gasteiger partial charge on any atom is -0.244 e. The van der Waals surface area contributed by atoms with Crippen LogP contribution in [0, 0.1) is 11.3 Å². The Hall–Kier alpha value is -0.0700. The van der Waals surface area contributed by atoms with E-state index in [2.05, 4.69) is 20.8 Å². The van der Waals surface area contributed by atoms with Gasteiger partial charge in [-0.1, -0.05) is 20.8 Å². The van der Waals surface area contributed by atoms with Crippen LogP contribution in [0.15, 0.2) is 0 Å². The van der Waals surface area contributed by atoms with Gasteiger partial charge >= 0.3 is 0 Å². The van der Waals surface area contributed by atoms with Crippen molar-refractivity contribution in [2.45, 2.75) is 59.0 Å². The molecule has 0 aromatic rings. The van der Waals surface area contributed by atoms with E-state index in [1.54, 1.807) is 6.92 Å². The van der Waals surface area contributed by atoms with E-state index in [0.717, 1.165) is 12.8 Å². The summed E-state index contributed by atoms with van der Waals surface area (Å²) in [6.45, 7) is 8.47. The second kappa shape index (κ2) is 3.01. The Kier molecular flexibility index (Phi) is 2.51. The molecule has 12 heavy (non-hydrogen) atoms. The van der Waals surface area contributed by atoms with Crippen molar-refractivity contribution < 1.29 is 4.39 Å². The van der Waals surface area contributed by atoms with E-state index in [4.69, 9.17) is 0 Å². The van der Waals surface area contributed by atoms with Crippen molar-refractivity contribution in [1.29, 1.82) is 0 Å². The van der Waals surface area contributed by atoms with Crippen LogP contribution in [-0.4, -0.2) is 5.67 Å². The average molecular weight is 172 g/mol. The van der Waals surface area contributed by atoms with Gasteiger partial charge in [0.1, 0.15) is 5.67 Å². The Morgan fingerprint density at radius 1 is 1.33 bits per heavy atom. The predicted octanol–water partition coefficient (Wildman–Crippen LogP) is 3.95. The Morgan fingerprint density at radius 3 is 2.17 bits per heavy atom. The van der Waals surface area contributed by atoms with Crippen LogP contribution in [0.1, 0.15) is 53.4 Å². The first-order valence-corrected chi connectivity index (χ1v) is 4.97. The maximum Gasteiger partial charge on any atom is 0.108 e. The van der Waals surface area contributed by atoms with E-state index in [-0.39, 0.29) is 0 Å². The quantitative estimate of drug-likeness (QED) is 0.591. The minimum atomic E-state index is -0.831. The SMILES string of the molecule is CC(C)(C)CCC1CC(C)(F)C1. The molecule has 1 heteroatoms. The van der Waals surface area contributed by atoms with E-state index in [1.807, 2.05) is 0 Å². The van der Waals surface area contributed by atoms with Gasteiger partial charge in [0.2, 0.25) is 0 Å². The van der Waals surface area contributed by atoms with Gasteiger partial charge in [0.05, 0.1) is 0 Å². The van der Waals surface area contributed by atoms with Crippen LogP contribution in [0.3, 0.4) is 0 Å². The molecule has 1 saturated carbocycles. The van der Waals surface area contributed by atoms with Crippen molar-refractivity contribution >= 4 is 0 Å². The van der Waals surface area contributed by atoms with Crippen LogP contribution >= 0.6 is 0 Å². The summed E-state index contributed by atoms with van der Waals surface area (Å²) in [5.41, 5.74) is -0.412. The Bertz CT molecular complexity index is 145. The third-order valence-electron chi connectivity index (χ3n) is 2.73. The van der Waals surface area contributed by atoms with Crippen LogP contribution in [0.4, 0.5) is 4.39 Å². The third-order valence-corrected chi connectivity index (χ3v) is 2.73. The number of rotatable bonds is 2. The summed E-state index contributed by atoms with van der Waals surface area (Å²) in [6.07, 6.45) is 4.03. The summed E-state index contributed by atoms with van der Waals surface area (Å²) in [5, 5.41) is 0. The zero-order chi connectivity index (χ0) is 9.41. The molecule has 72 valence electrons. The van der Waals surface area contributed by atoms with E-state index in [0.29, 0.717) is 11.3 Å².